The molecular weight excluding hydrogens is 334 g/mol. The predicted molar refractivity (Wildman–Crippen MR) is 95.7 cm³/mol. The molecule has 138 valence electrons. The van der Waals surface area contributed by atoms with Gasteiger partial charge in [0.25, 0.3) is 0 Å². The van der Waals surface area contributed by atoms with E-state index in [9.17, 15) is 14.7 Å². The molecule has 0 amide bonds. The van der Waals surface area contributed by atoms with E-state index >= 15 is 0 Å². The minimum absolute atomic E-state index is 0.0443. The van der Waals surface area contributed by atoms with Crippen molar-refractivity contribution in [3.8, 4) is 11.3 Å². The Morgan fingerprint density at radius 3 is 2.77 bits per heavy atom. The lowest BCUT2D eigenvalue weighted by Crippen LogP contribution is -2.45. The lowest BCUT2D eigenvalue weighted by atomic mass is 9.90. The van der Waals surface area contributed by atoms with Crippen molar-refractivity contribution in [2.24, 2.45) is 5.92 Å². The zero-order chi connectivity index (χ0) is 18.7. The number of aliphatic carboxylic acids is 1. The van der Waals surface area contributed by atoms with Crippen molar-refractivity contribution < 1.29 is 23.8 Å². The van der Waals surface area contributed by atoms with Crippen molar-refractivity contribution in [1.82, 2.24) is 4.90 Å². The second-order valence-electron chi connectivity index (χ2n) is 6.60. The van der Waals surface area contributed by atoms with Gasteiger partial charge in [0, 0.05) is 11.6 Å². The van der Waals surface area contributed by atoms with Gasteiger partial charge in [0.2, 0.25) is 0 Å². The lowest BCUT2D eigenvalue weighted by molar-refractivity contribution is -0.145. The maximum absolute atomic E-state index is 11.9. The van der Waals surface area contributed by atoms with Gasteiger partial charge in [0.15, 0.2) is 0 Å². The van der Waals surface area contributed by atoms with Crippen LogP contribution in [0, 0.1) is 5.92 Å². The number of carbonyl (C=O) groups is 2. The third-order valence-electron chi connectivity index (χ3n) is 5.05. The quantitative estimate of drug-likeness (QED) is 0.826. The molecule has 0 aliphatic carbocycles. The van der Waals surface area contributed by atoms with Crippen LogP contribution in [0.3, 0.4) is 0 Å². The molecule has 1 aliphatic rings. The van der Waals surface area contributed by atoms with Gasteiger partial charge < -0.3 is 14.3 Å². The summed E-state index contributed by atoms with van der Waals surface area (Å²) >= 11 is 0. The van der Waals surface area contributed by atoms with Gasteiger partial charge in [-0.15, -0.1) is 0 Å². The minimum atomic E-state index is -0.741. The van der Waals surface area contributed by atoms with Crippen molar-refractivity contribution in [2.45, 2.75) is 32.4 Å². The van der Waals surface area contributed by atoms with E-state index in [1.54, 1.807) is 12.1 Å². The van der Waals surface area contributed by atoms with Crippen molar-refractivity contribution in [3.63, 3.8) is 0 Å². The van der Waals surface area contributed by atoms with E-state index in [0.717, 1.165) is 18.7 Å². The highest BCUT2D eigenvalue weighted by molar-refractivity contribution is 5.96. The lowest BCUT2D eigenvalue weighted by Gasteiger charge is -2.36. The van der Waals surface area contributed by atoms with Crippen molar-refractivity contribution >= 4 is 11.9 Å². The van der Waals surface area contributed by atoms with Crippen molar-refractivity contribution in [3.05, 3.63) is 47.7 Å². The van der Waals surface area contributed by atoms with Gasteiger partial charge in [-0.3, -0.25) is 9.69 Å². The molecule has 0 unspecified atom stereocenters. The average molecular weight is 357 g/mol. The number of methoxy groups -OCH3 is 1. The van der Waals surface area contributed by atoms with Crippen LogP contribution in [-0.4, -0.2) is 41.6 Å². The van der Waals surface area contributed by atoms with Gasteiger partial charge in [-0.05, 0) is 44.5 Å². The molecular formula is C20H23NO5. The van der Waals surface area contributed by atoms with Crippen LogP contribution in [-0.2, 0) is 16.1 Å². The average Bonchev–Trinajstić information content (AvgIpc) is 3.11. The van der Waals surface area contributed by atoms with E-state index < -0.39 is 11.9 Å². The topological polar surface area (TPSA) is 80.0 Å². The molecule has 0 radical (unpaired) electrons. The summed E-state index contributed by atoms with van der Waals surface area (Å²) in [5, 5.41) is 9.36. The Kier molecular flexibility index (Phi) is 5.42. The number of carboxylic acid groups (broad SMARTS) is 1. The summed E-state index contributed by atoms with van der Waals surface area (Å²) < 4.78 is 10.8. The Bertz CT molecular complexity index is 797. The maximum Gasteiger partial charge on any atom is 0.338 e. The second-order valence-corrected chi connectivity index (χ2v) is 6.60. The molecule has 0 saturated carbocycles. The molecule has 26 heavy (non-hydrogen) atoms. The molecule has 2 aromatic rings. The normalized spacial score (nSPS) is 20.7. The second kappa shape index (κ2) is 7.74. The minimum Gasteiger partial charge on any atom is -0.481 e. The summed E-state index contributed by atoms with van der Waals surface area (Å²) in [6.07, 6.45) is 1.57. The first kappa shape index (κ1) is 18.2. The number of ether oxygens (including phenoxy) is 1. The van der Waals surface area contributed by atoms with Crippen LogP contribution in [0.15, 0.2) is 40.8 Å². The van der Waals surface area contributed by atoms with Crippen LogP contribution in [0.4, 0.5) is 0 Å². The maximum atomic E-state index is 11.9. The standard InChI is InChI=1S/C20H23NO5/c1-13-15(19(22)23)8-5-11-21(13)12-14-9-10-18(26-14)16-6-3-4-7-17(16)20(24)25-2/h3-4,6-7,9-10,13,15H,5,8,11-12H2,1-2H3,(H,22,23)/t13-,15-/m0/s1. The van der Waals surface area contributed by atoms with Crippen LogP contribution in [0.25, 0.3) is 11.3 Å². The van der Waals surface area contributed by atoms with Gasteiger partial charge in [-0.25, -0.2) is 4.79 Å². The number of hydrogen-bond acceptors (Lipinski definition) is 5. The van der Waals surface area contributed by atoms with E-state index in [-0.39, 0.29) is 12.0 Å². The molecule has 6 nitrogen and oxygen atoms in total. The van der Waals surface area contributed by atoms with Gasteiger partial charge >= 0.3 is 11.9 Å². The third-order valence-corrected chi connectivity index (χ3v) is 5.05. The number of carboxylic acids is 1. The smallest absolute Gasteiger partial charge is 0.338 e. The molecule has 1 N–H and O–H groups in total. The molecule has 0 bridgehead atoms. The zero-order valence-corrected chi connectivity index (χ0v) is 15.0. The number of esters is 1. The molecule has 1 saturated heterocycles. The van der Waals surface area contributed by atoms with E-state index in [1.807, 2.05) is 31.2 Å². The largest absolute Gasteiger partial charge is 0.481 e. The first-order chi connectivity index (χ1) is 12.5. The van der Waals surface area contributed by atoms with Crippen LogP contribution in [0.2, 0.25) is 0 Å². The number of furan rings is 1. The molecule has 2 atom stereocenters. The molecule has 1 aromatic heterocycles. The summed E-state index contributed by atoms with van der Waals surface area (Å²) in [5.41, 5.74) is 1.13. The Labute approximate surface area is 152 Å². The van der Waals surface area contributed by atoms with Crippen LogP contribution < -0.4 is 0 Å². The summed E-state index contributed by atoms with van der Waals surface area (Å²) in [4.78, 5) is 25.5. The van der Waals surface area contributed by atoms with Crippen LogP contribution in [0.1, 0.15) is 35.9 Å². The van der Waals surface area contributed by atoms with Crippen LogP contribution in [0.5, 0.6) is 0 Å². The molecule has 0 spiro atoms. The number of likely N-dealkylation sites (tertiary alicyclic amines) is 1. The van der Waals surface area contributed by atoms with Gasteiger partial charge in [0.1, 0.15) is 11.5 Å². The highest BCUT2D eigenvalue weighted by Gasteiger charge is 2.33. The van der Waals surface area contributed by atoms with Crippen molar-refractivity contribution in [2.75, 3.05) is 13.7 Å². The third kappa shape index (κ3) is 3.65. The van der Waals surface area contributed by atoms with Gasteiger partial charge in [-0.1, -0.05) is 18.2 Å². The van der Waals surface area contributed by atoms with E-state index in [0.29, 0.717) is 29.9 Å². The number of hydrogen-bond donors (Lipinski definition) is 1. The first-order valence-corrected chi connectivity index (χ1v) is 8.74. The van der Waals surface area contributed by atoms with E-state index in [1.165, 1.54) is 7.11 Å². The number of nitrogens with zero attached hydrogens (tertiary/aromatic N) is 1. The fourth-order valence-electron chi connectivity index (χ4n) is 3.56. The molecule has 3 rings (SSSR count). The first-order valence-electron chi connectivity index (χ1n) is 8.74. The molecule has 1 aliphatic heterocycles. The van der Waals surface area contributed by atoms with E-state index in [4.69, 9.17) is 9.15 Å². The highest BCUT2D eigenvalue weighted by Crippen LogP contribution is 2.29. The van der Waals surface area contributed by atoms with Crippen LogP contribution >= 0.6 is 0 Å². The number of rotatable bonds is 5. The fraction of sp³-hybridized carbons (Fsp3) is 0.400. The number of piperidine rings is 1. The molecule has 6 heteroatoms. The predicted octanol–water partition coefficient (Wildman–Crippen LogP) is 3.42. The summed E-state index contributed by atoms with van der Waals surface area (Å²) in [6, 6.07) is 10.8. The Morgan fingerprint density at radius 1 is 1.27 bits per heavy atom. The van der Waals surface area contributed by atoms with Gasteiger partial charge in [0.05, 0.1) is 25.1 Å². The Balaban J connectivity index is 1.79. The summed E-state index contributed by atoms with van der Waals surface area (Å²) in [6.45, 7) is 3.35. The van der Waals surface area contributed by atoms with E-state index in [2.05, 4.69) is 4.90 Å². The Hall–Kier alpha value is -2.60. The highest BCUT2D eigenvalue weighted by atomic mass is 16.5. The fourth-order valence-corrected chi connectivity index (χ4v) is 3.56. The summed E-state index contributed by atoms with van der Waals surface area (Å²) in [5.74, 6) is -0.155. The molecule has 1 fully saturated rings. The number of carbonyl (C=O) groups excluding carboxylic acids is 1. The van der Waals surface area contributed by atoms with Gasteiger partial charge in [-0.2, -0.15) is 0 Å². The molecule has 1 aromatic carbocycles. The van der Waals surface area contributed by atoms with Crippen molar-refractivity contribution in [1.29, 1.82) is 0 Å². The SMILES string of the molecule is COC(=O)c1ccccc1-c1ccc(CN2CCC[C@H](C(=O)O)[C@@H]2C)o1. The zero-order valence-electron chi connectivity index (χ0n) is 15.0. The number of benzene rings is 1. The monoisotopic (exact) mass is 357 g/mol. The Morgan fingerprint density at radius 2 is 2.04 bits per heavy atom. The summed E-state index contributed by atoms with van der Waals surface area (Å²) in [7, 11) is 1.35. The molecule has 2 heterocycles.